The molecule has 0 bridgehead atoms. The third-order valence-corrected chi connectivity index (χ3v) is 8.68. The van der Waals surface area contributed by atoms with Gasteiger partial charge in [-0.1, -0.05) is 11.6 Å². The van der Waals surface area contributed by atoms with Crippen LogP contribution in [0.3, 0.4) is 0 Å². The Morgan fingerprint density at radius 2 is 2.10 bits per heavy atom. The lowest BCUT2D eigenvalue weighted by atomic mass is 10.0. The normalized spacial score (nSPS) is 36.8. The van der Waals surface area contributed by atoms with Crippen LogP contribution < -0.4 is 0 Å². The number of ether oxygens (including phenoxy) is 2. The Kier molecular flexibility index (Phi) is 4.43. The Bertz CT molecular complexity index is 1050. The van der Waals surface area contributed by atoms with Crippen molar-refractivity contribution in [2.24, 2.45) is 11.3 Å². The number of rotatable bonds is 5. The van der Waals surface area contributed by atoms with Gasteiger partial charge in [0.05, 0.1) is 25.1 Å². The summed E-state index contributed by atoms with van der Waals surface area (Å²) in [5, 5.41) is 0.285. The lowest BCUT2D eigenvalue weighted by Gasteiger charge is -2.25. The lowest BCUT2D eigenvalue weighted by Crippen LogP contribution is -2.33. The number of hydrogen-bond acceptors (Lipinski definition) is 7. The molecule has 29 heavy (non-hydrogen) atoms. The topological polar surface area (TPSA) is 88.4 Å². The molecule has 11 heteroatoms. The molecule has 1 aliphatic heterocycles. The Morgan fingerprint density at radius 1 is 1.34 bits per heavy atom. The maximum atomic E-state index is 13.1. The van der Waals surface area contributed by atoms with E-state index < -0.39 is 13.2 Å². The molecule has 158 valence electrons. The first-order chi connectivity index (χ1) is 13.6. The Labute approximate surface area is 178 Å². The summed E-state index contributed by atoms with van der Waals surface area (Å²) in [6.07, 6.45) is 2.68. The van der Waals surface area contributed by atoms with Crippen LogP contribution in [0, 0.1) is 11.3 Å². The van der Waals surface area contributed by atoms with Crippen molar-refractivity contribution in [3.63, 3.8) is 0 Å². The molecule has 2 aromatic heterocycles. The Morgan fingerprint density at radius 3 is 2.83 bits per heavy atom. The molecule has 5 rings (SSSR count). The summed E-state index contributed by atoms with van der Waals surface area (Å²) in [6.45, 7) is 7.81. The molecule has 1 unspecified atom stereocenters. The van der Waals surface area contributed by atoms with Crippen LogP contribution in [0.15, 0.2) is 6.33 Å². The van der Waals surface area contributed by atoms with Crippen molar-refractivity contribution < 1.29 is 18.6 Å². The van der Waals surface area contributed by atoms with E-state index in [2.05, 4.69) is 15.0 Å². The van der Waals surface area contributed by atoms with Gasteiger partial charge in [-0.05, 0) is 44.7 Å². The van der Waals surface area contributed by atoms with Crippen LogP contribution in [0.25, 0.3) is 11.2 Å². The summed E-state index contributed by atoms with van der Waals surface area (Å²) in [5.41, 5.74) is 0.818. The average molecular weight is 461 g/mol. The highest BCUT2D eigenvalue weighted by Crippen LogP contribution is 2.75. The first-order valence-electron chi connectivity index (χ1n) is 9.69. The molecule has 3 heterocycles. The van der Waals surface area contributed by atoms with Crippen molar-refractivity contribution in [2.45, 2.75) is 51.2 Å². The number of fused-ring (bicyclic) bond motifs is 4. The molecule has 0 amide bonds. The van der Waals surface area contributed by atoms with Gasteiger partial charge in [0, 0.05) is 18.2 Å². The van der Waals surface area contributed by atoms with Crippen LogP contribution in [0.1, 0.15) is 33.2 Å². The van der Waals surface area contributed by atoms with Gasteiger partial charge in [0.2, 0.25) is 12.7 Å². The molecule has 0 N–H and O–H groups in total. The quantitative estimate of drug-likeness (QED) is 0.375. The third kappa shape index (κ3) is 3.07. The van der Waals surface area contributed by atoms with Gasteiger partial charge in [0.1, 0.15) is 11.6 Å². The van der Waals surface area contributed by atoms with Crippen molar-refractivity contribution in [3.05, 3.63) is 16.8 Å². The van der Waals surface area contributed by atoms with Crippen LogP contribution in [0.4, 0.5) is 0 Å². The monoisotopic (exact) mass is 460 g/mol. The van der Waals surface area contributed by atoms with E-state index in [9.17, 15) is 4.57 Å². The predicted octanol–water partition coefficient (Wildman–Crippen LogP) is 4.16. The van der Waals surface area contributed by atoms with Crippen LogP contribution >= 0.6 is 30.6 Å². The minimum absolute atomic E-state index is 0.0687. The molecular formula is C18H23Cl2N4O4P. The second kappa shape index (κ2) is 6.38. The highest BCUT2D eigenvalue weighted by atomic mass is 35.5. The van der Waals surface area contributed by atoms with E-state index in [4.69, 9.17) is 37.2 Å². The largest absolute Gasteiger partial charge is 0.344 e. The van der Waals surface area contributed by atoms with Gasteiger partial charge in [-0.25, -0.2) is 9.97 Å². The highest BCUT2D eigenvalue weighted by molar-refractivity contribution is 7.58. The highest BCUT2D eigenvalue weighted by Gasteiger charge is 2.76. The summed E-state index contributed by atoms with van der Waals surface area (Å²) in [7, 11) is -2.75. The smallest absolute Gasteiger partial charge is 0.225 e. The van der Waals surface area contributed by atoms with Gasteiger partial charge in [-0.15, -0.1) is 0 Å². The van der Waals surface area contributed by atoms with E-state index in [0.717, 1.165) is 6.42 Å². The van der Waals surface area contributed by atoms with Crippen LogP contribution in [-0.4, -0.2) is 56.9 Å². The van der Waals surface area contributed by atoms with Crippen molar-refractivity contribution in [2.75, 3.05) is 19.4 Å². The number of halogens is 2. The van der Waals surface area contributed by atoms with E-state index in [0.29, 0.717) is 23.9 Å². The summed E-state index contributed by atoms with van der Waals surface area (Å²) < 4.78 is 33.3. The fourth-order valence-electron chi connectivity index (χ4n) is 5.40. The van der Waals surface area contributed by atoms with Gasteiger partial charge in [-0.2, -0.15) is 4.98 Å². The van der Waals surface area contributed by atoms with E-state index in [1.165, 1.54) is 0 Å². The van der Waals surface area contributed by atoms with Gasteiger partial charge < -0.3 is 18.6 Å². The van der Waals surface area contributed by atoms with Gasteiger partial charge in [-0.3, -0.25) is 4.57 Å². The maximum absolute atomic E-state index is 13.1. The number of hydrogen-bond donors (Lipinski definition) is 0. The zero-order chi connectivity index (χ0) is 20.8. The van der Waals surface area contributed by atoms with Gasteiger partial charge >= 0.3 is 0 Å². The van der Waals surface area contributed by atoms with Gasteiger partial charge in [0.15, 0.2) is 16.6 Å². The van der Waals surface area contributed by atoms with E-state index in [1.807, 2.05) is 25.3 Å². The first-order valence-corrected chi connectivity index (χ1v) is 12.7. The maximum Gasteiger partial charge on any atom is 0.225 e. The zero-order valence-electron chi connectivity index (χ0n) is 16.6. The number of aromatic nitrogens is 4. The first kappa shape index (κ1) is 20.2. The van der Waals surface area contributed by atoms with E-state index >= 15 is 0 Å². The second-order valence-corrected chi connectivity index (χ2v) is 12.1. The molecule has 2 saturated carbocycles. The minimum Gasteiger partial charge on any atom is -0.344 e. The fraction of sp³-hybridized carbons (Fsp3) is 0.722. The average Bonchev–Trinajstić information content (AvgIpc) is 2.87. The van der Waals surface area contributed by atoms with Crippen molar-refractivity contribution in [1.29, 1.82) is 0 Å². The van der Waals surface area contributed by atoms with Crippen LogP contribution in [-0.2, 0) is 18.6 Å². The standard InChI is InChI=1S/C18H23Cl2N4O4P/c1-5-26-29(4,25)7-18-6-9(18)11(12-13(18)28-17(2,3)27-12)24-8-21-10-14(19)22-16(20)23-15(10)24/h8-9,11-13H,5-7H2,1-4H3/t9-,11-,12+,13+,18-,29?/m1/s1. The minimum atomic E-state index is -2.75. The molecule has 0 radical (unpaired) electrons. The molecule has 6 atom stereocenters. The van der Waals surface area contributed by atoms with E-state index in [-0.39, 0.29) is 40.0 Å². The van der Waals surface area contributed by atoms with Crippen LogP contribution in [0.2, 0.25) is 10.4 Å². The number of nitrogens with zero attached hydrogens (tertiary/aromatic N) is 4. The fourth-order valence-corrected chi connectivity index (χ4v) is 8.08. The SMILES string of the molecule is CCOP(C)(=O)C[C@]12C[C@@H]1[C@@H](n1cnc3c(Cl)nc(Cl)nc31)[C@@H]1OC(C)(C)O[C@@H]12. The Balaban J connectivity index is 1.58. The predicted molar refractivity (Wildman–Crippen MR) is 109 cm³/mol. The van der Waals surface area contributed by atoms with Crippen molar-refractivity contribution >= 4 is 41.7 Å². The Hall–Kier alpha value is -0.760. The lowest BCUT2D eigenvalue weighted by molar-refractivity contribution is -0.160. The molecular weight excluding hydrogens is 438 g/mol. The molecule has 1 saturated heterocycles. The molecule has 0 aromatic carbocycles. The molecule has 2 aromatic rings. The number of imidazole rings is 1. The third-order valence-electron chi connectivity index (χ3n) is 6.28. The molecule has 3 fully saturated rings. The summed E-state index contributed by atoms with van der Waals surface area (Å²) in [4.78, 5) is 12.7. The van der Waals surface area contributed by atoms with Crippen molar-refractivity contribution in [1.82, 2.24) is 19.5 Å². The zero-order valence-corrected chi connectivity index (χ0v) is 19.0. The van der Waals surface area contributed by atoms with Crippen molar-refractivity contribution in [3.8, 4) is 0 Å². The van der Waals surface area contributed by atoms with Gasteiger partial charge in [0.25, 0.3) is 0 Å². The molecule has 8 nitrogen and oxygen atoms in total. The summed E-state index contributed by atoms with van der Waals surface area (Å²) in [6, 6.07) is -0.0737. The summed E-state index contributed by atoms with van der Waals surface area (Å²) >= 11 is 12.3. The van der Waals surface area contributed by atoms with Crippen LogP contribution in [0.5, 0.6) is 0 Å². The molecule has 3 aliphatic rings. The second-order valence-electron chi connectivity index (χ2n) is 8.75. The summed E-state index contributed by atoms with van der Waals surface area (Å²) in [5.74, 6) is -0.509. The van der Waals surface area contributed by atoms with E-state index in [1.54, 1.807) is 13.0 Å². The molecule has 0 spiro atoms. The molecule has 2 aliphatic carbocycles.